The van der Waals surface area contributed by atoms with Gasteiger partial charge in [-0.15, -0.1) is 0 Å². The molecule has 3 unspecified atom stereocenters. The number of benzene rings is 1. The zero-order valence-corrected chi connectivity index (χ0v) is 17.1. The highest BCUT2D eigenvalue weighted by Crippen LogP contribution is 2.29. The van der Waals surface area contributed by atoms with Crippen molar-refractivity contribution in [2.24, 2.45) is 11.8 Å². The van der Waals surface area contributed by atoms with E-state index in [1.54, 1.807) is 12.1 Å². The van der Waals surface area contributed by atoms with Crippen LogP contribution in [0.3, 0.4) is 0 Å². The summed E-state index contributed by atoms with van der Waals surface area (Å²) in [6, 6.07) is 6.57. The molecular weight excluding hydrogens is 366 g/mol. The number of nitrogens with one attached hydrogen (secondary N) is 1. The zero-order valence-electron chi connectivity index (χ0n) is 16.2. The molecule has 0 aliphatic heterocycles. The predicted octanol–water partition coefficient (Wildman–Crippen LogP) is 2.64. The first-order valence-corrected chi connectivity index (χ1v) is 11.1. The smallest absolute Gasteiger partial charge is 0.307 e. The highest BCUT2D eigenvalue weighted by atomic mass is 32.2. The Labute approximate surface area is 161 Å². The van der Waals surface area contributed by atoms with E-state index in [1.165, 1.54) is 12.1 Å². The quantitative estimate of drug-likeness (QED) is 0.717. The fourth-order valence-electron chi connectivity index (χ4n) is 3.33. The predicted molar refractivity (Wildman–Crippen MR) is 103 cm³/mol. The van der Waals surface area contributed by atoms with Crippen molar-refractivity contribution in [3.63, 3.8) is 0 Å². The summed E-state index contributed by atoms with van der Waals surface area (Å²) >= 11 is 0. The maximum Gasteiger partial charge on any atom is 0.307 e. The number of esters is 1. The van der Waals surface area contributed by atoms with Crippen LogP contribution in [0.5, 0.6) is 0 Å². The average molecular weight is 396 g/mol. The molecule has 2 rings (SSSR count). The van der Waals surface area contributed by atoms with Crippen molar-refractivity contribution >= 4 is 21.7 Å². The van der Waals surface area contributed by atoms with Crippen LogP contribution >= 0.6 is 0 Å². The molecule has 1 N–H and O–H groups in total. The Balaban J connectivity index is 1.75. The van der Waals surface area contributed by atoms with Crippen molar-refractivity contribution in [1.82, 2.24) is 5.32 Å². The van der Waals surface area contributed by atoms with Crippen LogP contribution in [-0.4, -0.2) is 38.7 Å². The summed E-state index contributed by atoms with van der Waals surface area (Å²) in [6.07, 6.45) is 2.89. The molecule has 0 saturated heterocycles. The summed E-state index contributed by atoms with van der Waals surface area (Å²) in [7, 11) is -3.55. The van der Waals surface area contributed by atoms with E-state index in [0.717, 1.165) is 24.8 Å². The van der Waals surface area contributed by atoms with Crippen molar-refractivity contribution in [3.05, 3.63) is 29.8 Å². The Hall–Kier alpha value is -1.89. The monoisotopic (exact) mass is 395 g/mol. The number of sulfone groups is 1. The third-order valence-corrected chi connectivity index (χ3v) is 7.10. The Morgan fingerprint density at radius 3 is 2.48 bits per heavy atom. The minimum Gasteiger partial charge on any atom is -0.456 e. The summed E-state index contributed by atoms with van der Waals surface area (Å²) in [6.45, 7) is 5.79. The second-order valence-electron chi connectivity index (χ2n) is 7.48. The maximum atomic E-state index is 12.2. The molecular formula is C20H29NO5S. The summed E-state index contributed by atoms with van der Waals surface area (Å²) in [5, 5.41) is 2.92. The molecule has 1 aromatic rings. The molecule has 0 aromatic heterocycles. The van der Waals surface area contributed by atoms with Crippen LogP contribution < -0.4 is 5.32 Å². The fourth-order valence-corrected chi connectivity index (χ4v) is 4.56. The molecule has 7 heteroatoms. The summed E-state index contributed by atoms with van der Waals surface area (Å²) in [4.78, 5) is 24.0. The van der Waals surface area contributed by atoms with Gasteiger partial charge in [0.1, 0.15) is 0 Å². The minimum atomic E-state index is -3.55. The molecule has 1 fully saturated rings. The third kappa shape index (κ3) is 6.34. The largest absolute Gasteiger partial charge is 0.456 e. The van der Waals surface area contributed by atoms with Gasteiger partial charge in [-0.25, -0.2) is 8.42 Å². The molecule has 1 aliphatic carbocycles. The lowest BCUT2D eigenvalue weighted by atomic mass is 9.78. The van der Waals surface area contributed by atoms with Gasteiger partial charge in [0, 0.05) is 6.04 Å². The van der Waals surface area contributed by atoms with Crippen LogP contribution in [0.4, 0.5) is 0 Å². The Morgan fingerprint density at radius 2 is 1.81 bits per heavy atom. The highest BCUT2D eigenvalue weighted by molar-refractivity contribution is 7.91. The zero-order chi connectivity index (χ0) is 20.0. The van der Waals surface area contributed by atoms with E-state index in [0.29, 0.717) is 11.8 Å². The van der Waals surface area contributed by atoms with Gasteiger partial charge in [-0.3, -0.25) is 9.59 Å². The Kier molecular flexibility index (Phi) is 7.41. The number of carbonyl (C=O) groups is 2. The van der Waals surface area contributed by atoms with Gasteiger partial charge < -0.3 is 10.1 Å². The number of rotatable bonds is 7. The molecule has 150 valence electrons. The van der Waals surface area contributed by atoms with Crippen molar-refractivity contribution in [2.75, 3.05) is 12.4 Å². The minimum absolute atomic E-state index is 0.0990. The molecule has 6 nitrogen and oxygen atoms in total. The van der Waals surface area contributed by atoms with E-state index in [1.807, 2.05) is 6.92 Å². The molecule has 0 bridgehead atoms. The normalized spacial score (nSPS) is 22.9. The van der Waals surface area contributed by atoms with E-state index in [4.69, 9.17) is 4.74 Å². The van der Waals surface area contributed by atoms with Gasteiger partial charge in [-0.05, 0) is 37.3 Å². The molecule has 0 radical (unpaired) electrons. The summed E-state index contributed by atoms with van der Waals surface area (Å²) < 4.78 is 29.4. The van der Waals surface area contributed by atoms with Crippen LogP contribution in [0.25, 0.3) is 0 Å². The molecule has 0 spiro atoms. The van der Waals surface area contributed by atoms with Crippen LogP contribution in [0, 0.1) is 18.8 Å². The second kappa shape index (κ2) is 9.35. The molecule has 1 aliphatic rings. The van der Waals surface area contributed by atoms with E-state index in [-0.39, 0.29) is 35.6 Å². The number of carbonyl (C=O) groups excluding carboxylic acids is 2. The van der Waals surface area contributed by atoms with Crippen LogP contribution in [0.2, 0.25) is 0 Å². The molecule has 1 amide bonds. The van der Waals surface area contributed by atoms with Gasteiger partial charge in [-0.2, -0.15) is 0 Å². The maximum absolute atomic E-state index is 12.2. The van der Waals surface area contributed by atoms with Crippen molar-refractivity contribution in [1.29, 1.82) is 0 Å². The van der Waals surface area contributed by atoms with Gasteiger partial charge in [0.25, 0.3) is 5.91 Å². The molecule has 1 saturated carbocycles. The first-order chi connectivity index (χ1) is 12.7. The Morgan fingerprint density at radius 1 is 1.15 bits per heavy atom. The van der Waals surface area contributed by atoms with Gasteiger partial charge in [0.2, 0.25) is 0 Å². The van der Waals surface area contributed by atoms with Gasteiger partial charge in [-0.1, -0.05) is 44.4 Å². The second-order valence-corrected chi connectivity index (χ2v) is 9.59. The van der Waals surface area contributed by atoms with Crippen LogP contribution in [0.1, 0.15) is 45.1 Å². The van der Waals surface area contributed by atoms with Crippen LogP contribution in [-0.2, 0) is 24.2 Å². The van der Waals surface area contributed by atoms with Crippen molar-refractivity contribution < 1.29 is 22.7 Å². The number of aryl methyl sites for hydroxylation is 1. The van der Waals surface area contributed by atoms with Gasteiger partial charge in [0.15, 0.2) is 16.4 Å². The first-order valence-electron chi connectivity index (χ1n) is 9.43. The molecule has 27 heavy (non-hydrogen) atoms. The lowest BCUT2D eigenvalue weighted by molar-refractivity contribution is -0.148. The molecule has 1 aromatic carbocycles. The lowest BCUT2D eigenvalue weighted by Gasteiger charge is -2.34. The van der Waals surface area contributed by atoms with E-state index >= 15 is 0 Å². The van der Waals surface area contributed by atoms with E-state index in [9.17, 15) is 18.0 Å². The number of hydrogen-bond donors (Lipinski definition) is 1. The van der Waals surface area contributed by atoms with Crippen molar-refractivity contribution in [3.8, 4) is 0 Å². The van der Waals surface area contributed by atoms with Gasteiger partial charge >= 0.3 is 5.97 Å². The van der Waals surface area contributed by atoms with E-state index in [2.05, 4.69) is 19.2 Å². The molecule has 3 atom stereocenters. The first kappa shape index (κ1) is 21.4. The summed E-state index contributed by atoms with van der Waals surface area (Å²) in [5.41, 5.74) is 0.959. The van der Waals surface area contributed by atoms with Crippen molar-refractivity contribution in [2.45, 2.75) is 57.4 Å². The van der Waals surface area contributed by atoms with Gasteiger partial charge in [0.05, 0.1) is 17.1 Å². The summed E-state index contributed by atoms with van der Waals surface area (Å²) in [5.74, 6) is -0.425. The lowest BCUT2D eigenvalue weighted by Crippen LogP contribution is -2.45. The SMILES string of the molecule is Cc1ccc(S(=O)(=O)CCC(=O)OCC(=O)NC2CCCC(C)C2C)cc1. The number of amides is 1. The topological polar surface area (TPSA) is 89.5 Å². The Bertz CT molecular complexity index is 757. The fraction of sp³-hybridized carbons (Fsp3) is 0.600. The average Bonchev–Trinajstić information content (AvgIpc) is 2.62. The third-order valence-electron chi connectivity index (χ3n) is 5.37. The number of hydrogen-bond acceptors (Lipinski definition) is 5. The standard InChI is InChI=1S/C20H29NO5S/c1-14-7-9-17(10-8-14)27(24,25)12-11-20(23)26-13-19(22)21-18-6-4-5-15(2)16(18)3/h7-10,15-16,18H,4-6,11-13H2,1-3H3,(H,21,22). The highest BCUT2D eigenvalue weighted by Gasteiger charge is 2.28. The van der Waals surface area contributed by atoms with E-state index < -0.39 is 15.8 Å². The van der Waals surface area contributed by atoms with Crippen LogP contribution in [0.15, 0.2) is 29.2 Å². The number of ether oxygens (including phenoxy) is 1. The molecule has 0 heterocycles.